The molecular formula is C31H44INO3S. The van der Waals surface area contributed by atoms with Crippen molar-refractivity contribution >= 4 is 53.0 Å². The molecule has 0 radical (unpaired) electrons. The first-order valence-corrected chi connectivity index (χ1v) is 15.5. The average molecular weight is 638 g/mol. The van der Waals surface area contributed by atoms with E-state index in [1.54, 1.807) is 6.08 Å². The second-order valence-electron chi connectivity index (χ2n) is 9.22. The number of ether oxygens (including phenoxy) is 2. The Labute approximate surface area is 243 Å². The fraction of sp³-hybridized carbons (Fsp3) is 0.516. The van der Waals surface area contributed by atoms with Crippen LogP contribution in [0.25, 0.3) is 6.08 Å². The van der Waals surface area contributed by atoms with Crippen LogP contribution in [0.15, 0.2) is 48.5 Å². The highest BCUT2D eigenvalue weighted by Gasteiger charge is 2.09. The van der Waals surface area contributed by atoms with E-state index in [1.165, 1.54) is 54.6 Å². The van der Waals surface area contributed by atoms with Crippen LogP contribution >= 0.6 is 35.2 Å². The van der Waals surface area contributed by atoms with E-state index in [1.807, 2.05) is 6.07 Å². The van der Waals surface area contributed by atoms with E-state index in [0.717, 1.165) is 54.2 Å². The number of unbranched alkanes of at least 4 members (excludes halogenated alkanes) is 8. The number of rotatable bonds is 19. The molecule has 0 aliphatic heterocycles. The first-order chi connectivity index (χ1) is 18.1. The van der Waals surface area contributed by atoms with Crippen molar-refractivity contribution in [2.24, 2.45) is 0 Å². The molecule has 2 aromatic rings. The summed E-state index contributed by atoms with van der Waals surface area (Å²) in [6.07, 6.45) is 14.3. The predicted molar refractivity (Wildman–Crippen MR) is 169 cm³/mol. The Hall–Kier alpha value is -1.67. The van der Waals surface area contributed by atoms with Gasteiger partial charge in [0.25, 0.3) is 0 Å². The van der Waals surface area contributed by atoms with Crippen LogP contribution in [0, 0.1) is 3.57 Å². The van der Waals surface area contributed by atoms with E-state index in [9.17, 15) is 4.79 Å². The van der Waals surface area contributed by atoms with E-state index in [0.29, 0.717) is 13.2 Å². The highest BCUT2D eigenvalue weighted by molar-refractivity contribution is 14.1. The maximum atomic E-state index is 12.3. The minimum atomic E-state index is -0.305. The molecule has 0 aliphatic rings. The molecule has 0 aliphatic carbocycles. The van der Waals surface area contributed by atoms with Gasteiger partial charge in [-0.15, -0.1) is 0 Å². The van der Waals surface area contributed by atoms with Gasteiger partial charge in [-0.1, -0.05) is 57.1 Å². The Bertz CT molecular complexity index is 929. The molecule has 0 saturated carbocycles. The number of carbonyl (C=O) groups excluding carboxylic acids is 1. The summed E-state index contributed by atoms with van der Waals surface area (Å²) < 4.78 is 12.8. The number of carbonyl (C=O) groups is 1. The van der Waals surface area contributed by atoms with Crippen LogP contribution in [0.2, 0.25) is 0 Å². The third kappa shape index (κ3) is 13.1. The van der Waals surface area contributed by atoms with Crippen LogP contribution in [-0.4, -0.2) is 31.4 Å². The number of nitrogens with zero attached hydrogens (tertiary/aromatic N) is 1. The molecule has 0 spiro atoms. The molecule has 0 unspecified atom stereocenters. The minimum Gasteiger partial charge on any atom is -0.488 e. The molecule has 0 amide bonds. The summed E-state index contributed by atoms with van der Waals surface area (Å²) in [6, 6.07) is 14.5. The second-order valence-corrected chi connectivity index (χ2v) is 10.9. The van der Waals surface area contributed by atoms with Gasteiger partial charge in [0.1, 0.15) is 12.4 Å². The highest BCUT2D eigenvalue weighted by Crippen LogP contribution is 2.28. The van der Waals surface area contributed by atoms with Gasteiger partial charge < -0.3 is 14.4 Å². The molecule has 0 aromatic heterocycles. The van der Waals surface area contributed by atoms with Crippen LogP contribution in [0.5, 0.6) is 5.75 Å². The molecule has 0 N–H and O–H groups in total. The number of benzene rings is 2. The Morgan fingerprint density at radius 1 is 0.892 bits per heavy atom. The Kier molecular flexibility index (Phi) is 16.5. The van der Waals surface area contributed by atoms with Gasteiger partial charge in [-0.25, -0.2) is 4.79 Å². The van der Waals surface area contributed by atoms with E-state index < -0.39 is 0 Å². The molecule has 2 rings (SSSR count). The van der Waals surface area contributed by atoms with Gasteiger partial charge in [-0.05, 0) is 90.9 Å². The van der Waals surface area contributed by atoms with Crippen molar-refractivity contribution in [3.05, 3.63) is 63.2 Å². The van der Waals surface area contributed by atoms with Crippen molar-refractivity contribution in [3.63, 3.8) is 0 Å². The van der Waals surface area contributed by atoms with Gasteiger partial charge in [0.2, 0.25) is 0 Å². The zero-order chi connectivity index (χ0) is 26.7. The van der Waals surface area contributed by atoms with E-state index in [-0.39, 0.29) is 5.97 Å². The van der Waals surface area contributed by atoms with Crippen molar-refractivity contribution in [2.45, 2.75) is 78.2 Å². The van der Waals surface area contributed by atoms with Crippen LogP contribution in [0.4, 0.5) is 5.69 Å². The Balaban J connectivity index is 1.83. The lowest BCUT2D eigenvalue weighted by molar-refractivity contribution is -0.137. The van der Waals surface area contributed by atoms with E-state index in [4.69, 9.17) is 9.47 Å². The predicted octanol–water partition coefficient (Wildman–Crippen LogP) is 8.71. The van der Waals surface area contributed by atoms with Crippen molar-refractivity contribution in [1.29, 1.82) is 0 Å². The molecule has 4 nitrogen and oxygen atoms in total. The smallest absolute Gasteiger partial charge is 0.330 e. The molecule has 204 valence electrons. The van der Waals surface area contributed by atoms with Gasteiger partial charge in [0.05, 0.1) is 6.61 Å². The van der Waals surface area contributed by atoms with Gasteiger partial charge in [0, 0.05) is 40.1 Å². The molecule has 2 aromatic carbocycles. The zero-order valence-corrected chi connectivity index (χ0v) is 25.6. The fourth-order valence-corrected chi connectivity index (χ4v) is 4.73. The molecule has 0 heterocycles. The van der Waals surface area contributed by atoms with Gasteiger partial charge >= 0.3 is 5.97 Å². The molecule has 0 atom stereocenters. The standard InChI is InChI=1S/C31H44INO3S/c1-3-33(4-2)29-20-16-27(30(24-29)36-25-26-14-18-28(32)19-15-26)17-21-31(34)35-22-12-10-8-6-5-7-9-11-13-23-37/h14-21,24,37H,3-13,22-23,25H2,1-2H3/b21-17+. The molecule has 0 saturated heterocycles. The van der Waals surface area contributed by atoms with E-state index >= 15 is 0 Å². The molecule has 0 fully saturated rings. The summed E-state index contributed by atoms with van der Waals surface area (Å²) in [6.45, 7) is 7.08. The molecular weight excluding hydrogens is 593 g/mol. The number of thiol groups is 1. The number of hydrogen-bond acceptors (Lipinski definition) is 5. The number of hydrogen-bond donors (Lipinski definition) is 1. The third-order valence-corrected chi connectivity index (χ3v) is 7.41. The summed E-state index contributed by atoms with van der Waals surface area (Å²) in [5, 5.41) is 0. The maximum Gasteiger partial charge on any atom is 0.330 e. The SMILES string of the molecule is CCN(CC)c1ccc(/C=C/C(=O)OCCCCCCCCCCCS)c(OCc2ccc(I)cc2)c1. The quantitative estimate of drug-likeness (QED) is 0.0550. The molecule has 37 heavy (non-hydrogen) atoms. The lowest BCUT2D eigenvalue weighted by Crippen LogP contribution is -2.21. The lowest BCUT2D eigenvalue weighted by atomic mass is 10.1. The van der Waals surface area contributed by atoms with Gasteiger partial charge in [0.15, 0.2) is 0 Å². The Morgan fingerprint density at radius 3 is 2.14 bits per heavy atom. The summed E-state index contributed by atoms with van der Waals surface area (Å²) in [7, 11) is 0. The van der Waals surface area contributed by atoms with Crippen LogP contribution < -0.4 is 9.64 Å². The number of esters is 1. The van der Waals surface area contributed by atoms with Crippen LogP contribution in [0.1, 0.15) is 82.8 Å². The van der Waals surface area contributed by atoms with Crippen LogP contribution in [0.3, 0.4) is 0 Å². The van der Waals surface area contributed by atoms with Crippen LogP contribution in [-0.2, 0) is 16.1 Å². The summed E-state index contributed by atoms with van der Waals surface area (Å²) in [5.41, 5.74) is 3.09. The zero-order valence-electron chi connectivity index (χ0n) is 22.6. The van der Waals surface area contributed by atoms with Gasteiger partial charge in [-0.2, -0.15) is 12.6 Å². The maximum absolute atomic E-state index is 12.3. The second kappa shape index (κ2) is 19.4. The number of halogens is 1. The monoisotopic (exact) mass is 637 g/mol. The Morgan fingerprint density at radius 2 is 1.51 bits per heavy atom. The van der Waals surface area contributed by atoms with E-state index in [2.05, 4.69) is 90.4 Å². The summed E-state index contributed by atoms with van der Waals surface area (Å²) >= 11 is 6.56. The summed E-state index contributed by atoms with van der Waals surface area (Å²) in [4.78, 5) is 14.6. The van der Waals surface area contributed by atoms with Crippen molar-refractivity contribution in [3.8, 4) is 5.75 Å². The van der Waals surface area contributed by atoms with Crippen molar-refractivity contribution < 1.29 is 14.3 Å². The highest BCUT2D eigenvalue weighted by atomic mass is 127. The first kappa shape index (κ1) is 31.5. The molecule has 6 heteroatoms. The topological polar surface area (TPSA) is 38.8 Å². The first-order valence-electron chi connectivity index (χ1n) is 13.8. The normalized spacial score (nSPS) is 11.1. The molecule has 0 bridgehead atoms. The fourth-order valence-electron chi connectivity index (χ4n) is 4.14. The minimum absolute atomic E-state index is 0.305. The summed E-state index contributed by atoms with van der Waals surface area (Å²) in [5.74, 6) is 1.46. The average Bonchev–Trinajstić information content (AvgIpc) is 2.91. The van der Waals surface area contributed by atoms with Gasteiger partial charge in [-0.3, -0.25) is 0 Å². The van der Waals surface area contributed by atoms with Crippen molar-refractivity contribution in [1.82, 2.24) is 0 Å². The largest absolute Gasteiger partial charge is 0.488 e. The van der Waals surface area contributed by atoms with Crippen molar-refractivity contribution in [2.75, 3.05) is 30.3 Å². The number of anilines is 1. The lowest BCUT2D eigenvalue weighted by Gasteiger charge is -2.22. The third-order valence-electron chi connectivity index (χ3n) is 6.38.